The first-order chi connectivity index (χ1) is 11.8. The van der Waals surface area contributed by atoms with Gasteiger partial charge in [0.2, 0.25) is 0 Å². The van der Waals surface area contributed by atoms with Gasteiger partial charge in [0.05, 0.1) is 0 Å². The lowest BCUT2D eigenvalue weighted by Crippen LogP contribution is -2.37. The van der Waals surface area contributed by atoms with Crippen LogP contribution in [-0.2, 0) is 10.2 Å². The van der Waals surface area contributed by atoms with E-state index in [1.54, 1.807) is 36.4 Å². The monoisotopic (exact) mass is 345 g/mol. The average molecular weight is 345 g/mol. The Bertz CT molecular complexity index is 774. The molecule has 2 aromatic carbocycles. The van der Waals surface area contributed by atoms with Crippen molar-refractivity contribution in [3.8, 4) is 5.75 Å². The summed E-state index contributed by atoms with van der Waals surface area (Å²) in [5.74, 6) is -1.46. The van der Waals surface area contributed by atoms with Crippen molar-refractivity contribution < 1.29 is 23.8 Å². The van der Waals surface area contributed by atoms with Gasteiger partial charge in [0.25, 0.3) is 5.91 Å². The molecule has 0 bridgehead atoms. The van der Waals surface area contributed by atoms with E-state index in [1.807, 2.05) is 13.8 Å². The quantitative estimate of drug-likeness (QED) is 0.809. The molecule has 0 saturated carbocycles. The summed E-state index contributed by atoms with van der Waals surface area (Å²) in [5.41, 5.74) is 0.277. The van der Waals surface area contributed by atoms with Gasteiger partial charge >= 0.3 is 5.97 Å². The number of rotatable bonds is 7. The van der Waals surface area contributed by atoms with Gasteiger partial charge < -0.3 is 15.2 Å². The van der Waals surface area contributed by atoms with Gasteiger partial charge in [0.15, 0.2) is 6.61 Å². The third-order valence-corrected chi connectivity index (χ3v) is 3.75. The van der Waals surface area contributed by atoms with E-state index in [-0.39, 0.29) is 18.3 Å². The van der Waals surface area contributed by atoms with Gasteiger partial charge in [-0.1, -0.05) is 38.1 Å². The fourth-order valence-electron chi connectivity index (χ4n) is 2.38. The first-order valence-electron chi connectivity index (χ1n) is 7.77. The van der Waals surface area contributed by atoms with Crippen LogP contribution in [0.2, 0.25) is 0 Å². The fraction of sp³-hybridized carbons (Fsp3) is 0.263. The molecule has 2 aromatic rings. The molecule has 5 nitrogen and oxygen atoms in total. The van der Waals surface area contributed by atoms with E-state index in [9.17, 15) is 14.0 Å². The molecule has 2 N–H and O–H groups in total. The summed E-state index contributed by atoms with van der Waals surface area (Å²) in [7, 11) is 0. The molecular formula is C19H20FNO4. The number of aliphatic carboxylic acids is 1. The minimum absolute atomic E-state index is 0.243. The minimum atomic E-state index is -1.10. The lowest BCUT2D eigenvalue weighted by Gasteiger charge is -2.26. The first-order valence-corrected chi connectivity index (χ1v) is 7.77. The number of hydrogen-bond donors (Lipinski definition) is 2. The van der Waals surface area contributed by atoms with E-state index < -0.39 is 18.0 Å². The Kier molecular flexibility index (Phi) is 5.75. The van der Waals surface area contributed by atoms with Gasteiger partial charge in [0, 0.05) is 17.5 Å². The Morgan fingerprint density at radius 1 is 1.16 bits per heavy atom. The van der Waals surface area contributed by atoms with Crippen molar-refractivity contribution in [3.63, 3.8) is 0 Å². The summed E-state index contributed by atoms with van der Waals surface area (Å²) in [4.78, 5) is 22.9. The zero-order chi connectivity index (χ0) is 18.4. The number of amides is 1. The average Bonchev–Trinajstić information content (AvgIpc) is 2.58. The highest BCUT2D eigenvalue weighted by atomic mass is 19.1. The SMILES string of the molecule is CC(C)(CNC(=O)c1cccc(OCC(=O)O)c1)c1ccccc1F. The predicted molar refractivity (Wildman–Crippen MR) is 91.3 cm³/mol. The first kappa shape index (κ1) is 18.4. The molecule has 25 heavy (non-hydrogen) atoms. The van der Waals surface area contributed by atoms with E-state index in [1.165, 1.54) is 12.1 Å². The second kappa shape index (κ2) is 7.79. The third kappa shape index (κ3) is 5.04. The van der Waals surface area contributed by atoms with E-state index in [4.69, 9.17) is 9.84 Å². The van der Waals surface area contributed by atoms with E-state index in [0.717, 1.165) is 0 Å². The smallest absolute Gasteiger partial charge is 0.341 e. The van der Waals surface area contributed by atoms with Gasteiger partial charge in [-0.25, -0.2) is 9.18 Å². The third-order valence-electron chi connectivity index (χ3n) is 3.75. The second-order valence-corrected chi connectivity index (χ2v) is 6.26. The van der Waals surface area contributed by atoms with Crippen molar-refractivity contribution >= 4 is 11.9 Å². The maximum absolute atomic E-state index is 14.0. The zero-order valence-electron chi connectivity index (χ0n) is 14.1. The highest BCUT2D eigenvalue weighted by Crippen LogP contribution is 2.25. The molecule has 0 spiro atoms. The molecule has 0 aliphatic rings. The molecule has 0 aliphatic carbocycles. The van der Waals surface area contributed by atoms with Gasteiger partial charge in [0.1, 0.15) is 11.6 Å². The van der Waals surface area contributed by atoms with Crippen LogP contribution in [0.5, 0.6) is 5.75 Å². The number of carboxylic acid groups (broad SMARTS) is 1. The molecule has 0 unspecified atom stereocenters. The van der Waals surface area contributed by atoms with Crippen molar-refractivity contribution in [1.29, 1.82) is 0 Å². The molecule has 0 radical (unpaired) electrons. The van der Waals surface area contributed by atoms with Crippen molar-refractivity contribution in [2.75, 3.05) is 13.2 Å². The normalized spacial score (nSPS) is 11.0. The van der Waals surface area contributed by atoms with Crippen molar-refractivity contribution in [1.82, 2.24) is 5.32 Å². The van der Waals surface area contributed by atoms with Crippen LogP contribution in [0, 0.1) is 5.82 Å². The molecule has 0 saturated heterocycles. The van der Waals surface area contributed by atoms with E-state index in [2.05, 4.69) is 5.32 Å². The molecule has 0 aromatic heterocycles. The zero-order valence-corrected chi connectivity index (χ0v) is 14.1. The van der Waals surface area contributed by atoms with Crippen LogP contribution in [0.25, 0.3) is 0 Å². The Morgan fingerprint density at radius 2 is 1.88 bits per heavy atom. The number of carboxylic acids is 1. The number of nitrogens with one attached hydrogen (secondary N) is 1. The highest BCUT2D eigenvalue weighted by molar-refractivity contribution is 5.94. The lowest BCUT2D eigenvalue weighted by atomic mass is 9.84. The summed E-state index contributed by atoms with van der Waals surface area (Å²) in [5, 5.41) is 11.4. The molecule has 0 heterocycles. The Balaban J connectivity index is 2.03. The fourth-order valence-corrected chi connectivity index (χ4v) is 2.38. The molecule has 1 amide bonds. The predicted octanol–water partition coefficient (Wildman–Crippen LogP) is 3.00. The number of halogens is 1. The molecule has 0 atom stereocenters. The maximum Gasteiger partial charge on any atom is 0.341 e. The number of carbonyl (C=O) groups excluding carboxylic acids is 1. The van der Waals surface area contributed by atoms with Crippen LogP contribution in [0.4, 0.5) is 4.39 Å². The summed E-state index contributed by atoms with van der Waals surface area (Å²) in [6.07, 6.45) is 0. The summed E-state index contributed by atoms with van der Waals surface area (Å²) in [6.45, 7) is 3.45. The standard InChI is InChI=1S/C19H20FNO4/c1-19(2,15-8-3-4-9-16(15)20)12-21-18(24)13-6-5-7-14(10-13)25-11-17(22)23/h3-10H,11-12H2,1-2H3,(H,21,24)(H,22,23). The number of carbonyl (C=O) groups is 2. The summed E-state index contributed by atoms with van der Waals surface area (Å²) in [6, 6.07) is 12.7. The number of hydrogen-bond acceptors (Lipinski definition) is 3. The number of ether oxygens (including phenoxy) is 1. The van der Waals surface area contributed by atoms with E-state index in [0.29, 0.717) is 16.9 Å². The van der Waals surface area contributed by atoms with Crippen LogP contribution < -0.4 is 10.1 Å². The second-order valence-electron chi connectivity index (χ2n) is 6.26. The minimum Gasteiger partial charge on any atom is -0.482 e. The maximum atomic E-state index is 14.0. The van der Waals surface area contributed by atoms with Crippen LogP contribution in [-0.4, -0.2) is 30.1 Å². The van der Waals surface area contributed by atoms with Crippen LogP contribution in [0.3, 0.4) is 0 Å². The molecule has 0 aliphatic heterocycles. The van der Waals surface area contributed by atoms with Gasteiger partial charge in [-0.15, -0.1) is 0 Å². The largest absolute Gasteiger partial charge is 0.482 e. The molecule has 2 rings (SSSR count). The molecular weight excluding hydrogens is 325 g/mol. The van der Waals surface area contributed by atoms with Gasteiger partial charge in [-0.3, -0.25) is 4.79 Å². The van der Waals surface area contributed by atoms with E-state index >= 15 is 0 Å². The van der Waals surface area contributed by atoms with Crippen LogP contribution in [0.15, 0.2) is 48.5 Å². The molecule has 0 fully saturated rings. The van der Waals surface area contributed by atoms with Crippen molar-refractivity contribution in [3.05, 3.63) is 65.5 Å². The lowest BCUT2D eigenvalue weighted by molar-refractivity contribution is -0.139. The molecule has 132 valence electrons. The Morgan fingerprint density at radius 3 is 2.56 bits per heavy atom. The van der Waals surface area contributed by atoms with Crippen LogP contribution in [0.1, 0.15) is 29.8 Å². The Labute approximate surface area is 145 Å². The highest BCUT2D eigenvalue weighted by Gasteiger charge is 2.24. The van der Waals surface area contributed by atoms with Crippen molar-refractivity contribution in [2.45, 2.75) is 19.3 Å². The molecule has 6 heteroatoms. The summed E-state index contributed by atoms with van der Waals surface area (Å²) >= 11 is 0. The van der Waals surface area contributed by atoms with Crippen LogP contribution >= 0.6 is 0 Å². The Hall–Kier alpha value is -2.89. The van der Waals surface area contributed by atoms with Gasteiger partial charge in [-0.2, -0.15) is 0 Å². The van der Waals surface area contributed by atoms with Crippen molar-refractivity contribution in [2.24, 2.45) is 0 Å². The van der Waals surface area contributed by atoms with Gasteiger partial charge in [-0.05, 0) is 29.8 Å². The topological polar surface area (TPSA) is 75.6 Å². The summed E-state index contributed by atoms with van der Waals surface area (Å²) < 4.78 is 19.0. The number of benzene rings is 2.